The van der Waals surface area contributed by atoms with Gasteiger partial charge in [-0.3, -0.25) is 0 Å². The summed E-state index contributed by atoms with van der Waals surface area (Å²) in [4.78, 5) is 27.9. The van der Waals surface area contributed by atoms with Crippen molar-refractivity contribution in [3.8, 4) is 0 Å². The van der Waals surface area contributed by atoms with Crippen molar-refractivity contribution in [1.29, 1.82) is 0 Å². The van der Waals surface area contributed by atoms with E-state index >= 15 is 0 Å². The zero-order valence-electron chi connectivity index (χ0n) is 17.6. The summed E-state index contributed by atoms with van der Waals surface area (Å²) in [5, 5.41) is 25.7. The van der Waals surface area contributed by atoms with Crippen LogP contribution in [0.15, 0.2) is 60.8 Å². The highest BCUT2D eigenvalue weighted by molar-refractivity contribution is 5.96. The molecule has 4 rings (SSSR count). The second-order valence-corrected chi connectivity index (χ2v) is 8.00. The Balaban J connectivity index is 1.64. The Hall–Kier alpha value is -3.91. The van der Waals surface area contributed by atoms with Crippen LogP contribution < -0.4 is 10.6 Å². The van der Waals surface area contributed by atoms with Gasteiger partial charge in [-0.2, -0.15) is 0 Å². The SMILES string of the molecule is CC1(C)OC(=O)c2ccc(Nc3cc(N[C@H](CO)c4ccccc4)c(C(=O)O)cn3)cc21. The lowest BCUT2D eigenvalue weighted by molar-refractivity contribution is 0.00953. The Kier molecular flexibility index (Phi) is 5.54. The number of rotatable bonds is 7. The van der Waals surface area contributed by atoms with Gasteiger partial charge in [-0.15, -0.1) is 0 Å². The molecule has 8 heteroatoms. The van der Waals surface area contributed by atoms with Gasteiger partial charge in [-0.1, -0.05) is 30.3 Å². The van der Waals surface area contributed by atoms with Crippen LogP contribution >= 0.6 is 0 Å². The maximum absolute atomic E-state index is 12.0. The average Bonchev–Trinajstić information content (AvgIpc) is 3.00. The molecular weight excluding hydrogens is 410 g/mol. The van der Waals surface area contributed by atoms with E-state index in [4.69, 9.17) is 4.74 Å². The molecule has 0 saturated carbocycles. The molecule has 164 valence electrons. The largest absolute Gasteiger partial charge is 0.478 e. The Morgan fingerprint density at radius 2 is 1.91 bits per heavy atom. The van der Waals surface area contributed by atoms with Crippen LogP contribution in [0.3, 0.4) is 0 Å². The van der Waals surface area contributed by atoms with Gasteiger partial charge < -0.3 is 25.6 Å². The van der Waals surface area contributed by atoms with Crippen LogP contribution in [0.1, 0.15) is 51.7 Å². The molecule has 0 bridgehead atoms. The number of nitrogens with zero attached hydrogens (tertiary/aromatic N) is 1. The fraction of sp³-hybridized carbons (Fsp3) is 0.208. The van der Waals surface area contributed by atoms with Gasteiger partial charge in [0.1, 0.15) is 17.0 Å². The summed E-state index contributed by atoms with van der Waals surface area (Å²) in [5.74, 6) is -1.08. The highest BCUT2D eigenvalue weighted by Gasteiger charge is 2.37. The van der Waals surface area contributed by atoms with Crippen LogP contribution in [0.5, 0.6) is 0 Å². The number of benzene rings is 2. The average molecular weight is 433 g/mol. The second-order valence-electron chi connectivity index (χ2n) is 8.00. The topological polar surface area (TPSA) is 121 Å². The number of carboxylic acids is 1. The lowest BCUT2D eigenvalue weighted by Crippen LogP contribution is -2.17. The van der Waals surface area contributed by atoms with Crippen molar-refractivity contribution in [1.82, 2.24) is 4.98 Å². The van der Waals surface area contributed by atoms with Crippen molar-refractivity contribution in [2.75, 3.05) is 17.2 Å². The number of pyridine rings is 1. The molecule has 0 aliphatic carbocycles. The first-order valence-corrected chi connectivity index (χ1v) is 10.1. The molecule has 0 spiro atoms. The summed E-state index contributed by atoms with van der Waals surface area (Å²) in [6.45, 7) is 3.42. The number of fused-ring (bicyclic) bond motifs is 1. The van der Waals surface area contributed by atoms with Gasteiger partial charge >= 0.3 is 11.9 Å². The van der Waals surface area contributed by atoms with E-state index in [0.717, 1.165) is 11.1 Å². The van der Waals surface area contributed by atoms with E-state index in [9.17, 15) is 19.8 Å². The second kappa shape index (κ2) is 8.32. The number of carbonyl (C=O) groups excluding carboxylic acids is 1. The summed E-state index contributed by atoms with van der Waals surface area (Å²) in [5.41, 5.74) is 2.35. The molecule has 0 radical (unpaired) electrons. The number of cyclic esters (lactones) is 1. The molecule has 2 heterocycles. The lowest BCUT2D eigenvalue weighted by Gasteiger charge is -2.20. The van der Waals surface area contributed by atoms with Crippen molar-refractivity contribution < 1.29 is 24.5 Å². The minimum atomic E-state index is -1.13. The Bertz CT molecular complexity index is 1180. The van der Waals surface area contributed by atoms with E-state index in [1.807, 2.05) is 50.2 Å². The predicted octanol–water partition coefficient (Wildman–Crippen LogP) is 4.07. The molecule has 1 aliphatic rings. The van der Waals surface area contributed by atoms with Crippen molar-refractivity contribution in [2.24, 2.45) is 0 Å². The lowest BCUT2D eigenvalue weighted by atomic mass is 9.95. The first kappa shape index (κ1) is 21.3. The van der Waals surface area contributed by atoms with Gasteiger partial charge in [0.25, 0.3) is 0 Å². The summed E-state index contributed by atoms with van der Waals surface area (Å²) >= 11 is 0. The number of hydrogen-bond donors (Lipinski definition) is 4. The van der Waals surface area contributed by atoms with Crippen LogP contribution in [0, 0.1) is 0 Å². The van der Waals surface area contributed by atoms with Crippen LogP contribution in [0.4, 0.5) is 17.2 Å². The molecule has 1 aliphatic heterocycles. The maximum Gasteiger partial charge on any atom is 0.339 e. The van der Waals surface area contributed by atoms with Gasteiger partial charge in [0.05, 0.1) is 23.9 Å². The van der Waals surface area contributed by atoms with E-state index in [1.165, 1.54) is 6.20 Å². The summed E-state index contributed by atoms with van der Waals surface area (Å²) in [6, 6.07) is 15.6. The molecule has 32 heavy (non-hydrogen) atoms. The molecule has 2 aromatic carbocycles. The molecule has 4 N–H and O–H groups in total. The quantitative estimate of drug-likeness (QED) is 0.412. The van der Waals surface area contributed by atoms with Crippen molar-refractivity contribution in [3.63, 3.8) is 0 Å². The maximum atomic E-state index is 12.0. The molecule has 3 aromatic rings. The van der Waals surface area contributed by atoms with Crippen molar-refractivity contribution in [3.05, 3.63) is 83.0 Å². The van der Waals surface area contributed by atoms with Gasteiger partial charge in [0.2, 0.25) is 0 Å². The number of aliphatic hydroxyl groups excluding tert-OH is 1. The third-order valence-electron chi connectivity index (χ3n) is 5.36. The number of ether oxygens (including phenoxy) is 1. The summed E-state index contributed by atoms with van der Waals surface area (Å²) in [7, 11) is 0. The van der Waals surface area contributed by atoms with E-state index in [0.29, 0.717) is 22.8 Å². The van der Waals surface area contributed by atoms with Crippen LogP contribution in [-0.2, 0) is 10.3 Å². The zero-order chi connectivity index (χ0) is 22.9. The summed E-state index contributed by atoms with van der Waals surface area (Å²) in [6.07, 6.45) is 1.26. The highest BCUT2D eigenvalue weighted by Crippen LogP contribution is 2.37. The molecule has 1 aromatic heterocycles. The van der Waals surface area contributed by atoms with E-state index in [-0.39, 0.29) is 18.1 Å². The molecular formula is C24H23N3O5. The fourth-order valence-electron chi connectivity index (χ4n) is 3.71. The number of aromatic carboxylic acids is 1. The molecule has 1 atom stereocenters. The minimum Gasteiger partial charge on any atom is -0.478 e. The van der Waals surface area contributed by atoms with Crippen molar-refractivity contribution >= 4 is 29.1 Å². The Labute approximate surface area is 184 Å². The number of aromatic nitrogens is 1. The van der Waals surface area contributed by atoms with Gasteiger partial charge in [-0.25, -0.2) is 14.6 Å². The molecule has 0 unspecified atom stereocenters. The smallest absolute Gasteiger partial charge is 0.339 e. The highest BCUT2D eigenvalue weighted by atomic mass is 16.6. The predicted molar refractivity (Wildman–Crippen MR) is 119 cm³/mol. The van der Waals surface area contributed by atoms with Gasteiger partial charge in [0, 0.05) is 23.5 Å². The van der Waals surface area contributed by atoms with Gasteiger partial charge in [0.15, 0.2) is 0 Å². The number of hydrogen-bond acceptors (Lipinski definition) is 7. The minimum absolute atomic E-state index is 0.0148. The van der Waals surface area contributed by atoms with Crippen LogP contribution in [-0.4, -0.2) is 33.7 Å². The number of anilines is 3. The molecule has 8 nitrogen and oxygen atoms in total. The zero-order valence-corrected chi connectivity index (χ0v) is 17.6. The number of aliphatic hydroxyl groups is 1. The fourth-order valence-corrected chi connectivity index (χ4v) is 3.71. The number of carbonyl (C=O) groups is 2. The first-order valence-electron chi connectivity index (χ1n) is 10.1. The third-order valence-corrected chi connectivity index (χ3v) is 5.36. The molecule has 0 amide bonds. The first-order chi connectivity index (χ1) is 15.3. The number of esters is 1. The normalized spacial score (nSPS) is 14.9. The van der Waals surface area contributed by atoms with Crippen molar-refractivity contribution in [2.45, 2.75) is 25.5 Å². The summed E-state index contributed by atoms with van der Waals surface area (Å²) < 4.78 is 5.40. The monoisotopic (exact) mass is 433 g/mol. The Morgan fingerprint density at radius 1 is 1.16 bits per heavy atom. The van der Waals surface area contributed by atoms with Crippen LogP contribution in [0.2, 0.25) is 0 Å². The number of nitrogens with one attached hydrogen (secondary N) is 2. The van der Waals surface area contributed by atoms with Crippen LogP contribution in [0.25, 0.3) is 0 Å². The number of carboxylic acid groups (broad SMARTS) is 1. The third kappa shape index (κ3) is 4.13. The molecule has 0 fully saturated rings. The molecule has 0 saturated heterocycles. The van der Waals surface area contributed by atoms with E-state index in [2.05, 4.69) is 15.6 Å². The van der Waals surface area contributed by atoms with Gasteiger partial charge in [-0.05, 0) is 37.6 Å². The van der Waals surface area contributed by atoms with E-state index in [1.54, 1.807) is 18.2 Å². The standard InChI is InChI=1S/C24H23N3O5/c1-24(2)18-10-15(8-9-16(18)23(31)32-24)26-21-11-19(17(12-25-21)22(29)30)27-20(13-28)14-6-4-3-5-7-14/h3-12,20,28H,13H2,1-2H3,(H,29,30)(H2,25,26,27)/t20-/m1/s1. The van der Waals surface area contributed by atoms with E-state index < -0.39 is 17.6 Å². The Morgan fingerprint density at radius 3 is 2.59 bits per heavy atom.